The first-order chi connectivity index (χ1) is 8.72. The first-order valence-electron chi connectivity index (χ1n) is 5.41. The van der Waals surface area contributed by atoms with Gasteiger partial charge < -0.3 is 4.74 Å². The Morgan fingerprint density at radius 3 is 2.83 bits per heavy atom. The van der Waals surface area contributed by atoms with Gasteiger partial charge in [0.15, 0.2) is 0 Å². The normalized spacial score (nSPS) is 9.78. The van der Waals surface area contributed by atoms with Crippen LogP contribution in [0, 0.1) is 18.3 Å². The Morgan fingerprint density at radius 1 is 1.39 bits per heavy atom. The van der Waals surface area contributed by atoms with Gasteiger partial charge in [0.25, 0.3) is 0 Å². The second kappa shape index (κ2) is 5.48. The predicted molar refractivity (Wildman–Crippen MR) is 69.3 cm³/mol. The lowest BCUT2D eigenvalue weighted by molar-refractivity contribution is 0.0477. The summed E-state index contributed by atoms with van der Waals surface area (Å²) in [4.78, 5) is 12.4. The highest BCUT2D eigenvalue weighted by molar-refractivity contribution is 7.12. The van der Waals surface area contributed by atoms with Crippen molar-refractivity contribution in [3.8, 4) is 6.07 Å². The van der Waals surface area contributed by atoms with E-state index in [0.29, 0.717) is 10.4 Å². The van der Waals surface area contributed by atoms with Crippen LogP contribution < -0.4 is 0 Å². The van der Waals surface area contributed by atoms with Crippen LogP contribution in [-0.4, -0.2) is 5.97 Å². The molecule has 18 heavy (non-hydrogen) atoms. The minimum atomic E-state index is -0.338. The topological polar surface area (TPSA) is 50.1 Å². The molecule has 1 aromatic carbocycles. The van der Waals surface area contributed by atoms with Gasteiger partial charge in [-0.3, -0.25) is 0 Å². The Labute approximate surface area is 109 Å². The molecule has 0 aliphatic heterocycles. The summed E-state index contributed by atoms with van der Waals surface area (Å²) in [5.41, 5.74) is 2.18. The third-order valence-electron chi connectivity index (χ3n) is 2.54. The number of hydrogen-bond acceptors (Lipinski definition) is 4. The van der Waals surface area contributed by atoms with Crippen LogP contribution in [0.15, 0.2) is 35.7 Å². The average Bonchev–Trinajstić information content (AvgIpc) is 2.82. The molecule has 0 radical (unpaired) electrons. The fourth-order valence-corrected chi connectivity index (χ4v) is 2.36. The third-order valence-corrected chi connectivity index (χ3v) is 3.54. The summed E-state index contributed by atoms with van der Waals surface area (Å²) >= 11 is 1.36. The van der Waals surface area contributed by atoms with E-state index in [2.05, 4.69) is 6.07 Å². The van der Waals surface area contributed by atoms with Crippen molar-refractivity contribution in [3.63, 3.8) is 0 Å². The van der Waals surface area contributed by atoms with E-state index < -0.39 is 0 Å². The maximum atomic E-state index is 11.8. The van der Waals surface area contributed by atoms with Gasteiger partial charge in [0.05, 0.1) is 11.6 Å². The molecule has 2 aromatic rings. The first-order valence-corrected chi connectivity index (χ1v) is 6.29. The molecule has 0 aliphatic carbocycles. The highest BCUT2D eigenvalue weighted by Crippen LogP contribution is 2.18. The SMILES string of the molecule is Cc1ccsc1C(=O)OCc1ccccc1C#N. The first kappa shape index (κ1) is 12.3. The standard InChI is InChI=1S/C14H11NO2S/c1-10-6-7-18-13(10)14(16)17-9-12-5-3-2-4-11(12)8-15/h2-7H,9H2,1H3. The van der Waals surface area contributed by atoms with E-state index in [0.717, 1.165) is 11.1 Å². The zero-order chi connectivity index (χ0) is 13.0. The van der Waals surface area contributed by atoms with Crippen LogP contribution in [0.5, 0.6) is 0 Å². The Morgan fingerprint density at radius 2 is 2.17 bits per heavy atom. The van der Waals surface area contributed by atoms with Crippen LogP contribution in [-0.2, 0) is 11.3 Å². The third kappa shape index (κ3) is 2.58. The summed E-state index contributed by atoms with van der Waals surface area (Å²) in [6.07, 6.45) is 0. The molecule has 4 heteroatoms. The molecule has 1 aromatic heterocycles. The largest absolute Gasteiger partial charge is 0.457 e. The molecule has 0 bridgehead atoms. The van der Waals surface area contributed by atoms with Crippen molar-refractivity contribution in [2.45, 2.75) is 13.5 Å². The van der Waals surface area contributed by atoms with Gasteiger partial charge in [0.1, 0.15) is 11.5 Å². The number of carbonyl (C=O) groups is 1. The lowest BCUT2D eigenvalue weighted by Crippen LogP contribution is -2.05. The molecular weight excluding hydrogens is 246 g/mol. The molecule has 0 aliphatic rings. The Kier molecular flexibility index (Phi) is 3.75. The van der Waals surface area contributed by atoms with Gasteiger partial charge in [-0.15, -0.1) is 11.3 Å². The molecule has 0 amide bonds. The molecule has 0 spiro atoms. The minimum Gasteiger partial charge on any atom is -0.457 e. The molecule has 0 N–H and O–H groups in total. The van der Waals surface area contributed by atoms with Gasteiger partial charge in [0, 0.05) is 5.56 Å². The number of aryl methyl sites for hydroxylation is 1. The predicted octanol–water partition coefficient (Wildman–Crippen LogP) is 3.29. The van der Waals surface area contributed by atoms with Crippen LogP contribution >= 0.6 is 11.3 Å². The number of ether oxygens (including phenoxy) is 1. The van der Waals surface area contributed by atoms with Gasteiger partial charge in [-0.2, -0.15) is 5.26 Å². The number of esters is 1. The molecule has 0 unspecified atom stereocenters. The number of nitrogens with zero attached hydrogens (tertiary/aromatic N) is 1. The number of rotatable bonds is 3. The molecule has 90 valence electrons. The van der Waals surface area contributed by atoms with E-state index in [1.165, 1.54) is 11.3 Å². The molecule has 0 saturated heterocycles. The molecule has 1 heterocycles. The number of carbonyl (C=O) groups excluding carboxylic acids is 1. The average molecular weight is 257 g/mol. The number of benzene rings is 1. The van der Waals surface area contributed by atoms with E-state index >= 15 is 0 Å². The molecule has 2 rings (SSSR count). The summed E-state index contributed by atoms with van der Waals surface area (Å²) in [6.45, 7) is 2.00. The summed E-state index contributed by atoms with van der Waals surface area (Å²) < 4.78 is 5.22. The highest BCUT2D eigenvalue weighted by atomic mass is 32.1. The summed E-state index contributed by atoms with van der Waals surface area (Å²) in [6, 6.07) is 11.1. The van der Waals surface area contributed by atoms with Crippen molar-refractivity contribution in [2.75, 3.05) is 0 Å². The van der Waals surface area contributed by atoms with Crippen LogP contribution in [0.1, 0.15) is 26.4 Å². The zero-order valence-electron chi connectivity index (χ0n) is 9.84. The van der Waals surface area contributed by atoms with Gasteiger partial charge in [0.2, 0.25) is 0 Å². The molecule has 0 saturated carbocycles. The van der Waals surface area contributed by atoms with Gasteiger partial charge in [-0.1, -0.05) is 18.2 Å². The maximum absolute atomic E-state index is 11.8. The highest BCUT2D eigenvalue weighted by Gasteiger charge is 2.12. The van der Waals surface area contributed by atoms with Crippen LogP contribution in [0.2, 0.25) is 0 Å². The second-order valence-corrected chi connectivity index (χ2v) is 4.69. The lowest BCUT2D eigenvalue weighted by Gasteiger charge is -2.05. The van der Waals surface area contributed by atoms with Crippen molar-refractivity contribution in [1.29, 1.82) is 5.26 Å². The Hall–Kier alpha value is -2.12. The Balaban J connectivity index is 2.07. The second-order valence-electron chi connectivity index (χ2n) is 3.78. The number of thiophene rings is 1. The molecule has 0 fully saturated rings. The van der Waals surface area contributed by atoms with Crippen LogP contribution in [0.4, 0.5) is 0 Å². The van der Waals surface area contributed by atoms with Crippen molar-refractivity contribution in [3.05, 3.63) is 57.3 Å². The van der Waals surface area contributed by atoms with Gasteiger partial charge in [-0.25, -0.2) is 4.79 Å². The van der Waals surface area contributed by atoms with Gasteiger partial charge in [-0.05, 0) is 30.0 Å². The van der Waals surface area contributed by atoms with E-state index in [-0.39, 0.29) is 12.6 Å². The summed E-state index contributed by atoms with van der Waals surface area (Å²) in [5, 5.41) is 10.8. The minimum absolute atomic E-state index is 0.125. The van der Waals surface area contributed by atoms with Crippen molar-refractivity contribution in [2.24, 2.45) is 0 Å². The summed E-state index contributed by atoms with van der Waals surface area (Å²) in [7, 11) is 0. The zero-order valence-corrected chi connectivity index (χ0v) is 10.7. The smallest absolute Gasteiger partial charge is 0.348 e. The van der Waals surface area contributed by atoms with E-state index in [4.69, 9.17) is 10.00 Å². The molecular formula is C14H11NO2S. The van der Waals surface area contributed by atoms with Gasteiger partial charge >= 0.3 is 5.97 Å². The lowest BCUT2D eigenvalue weighted by atomic mass is 10.1. The molecule has 0 atom stereocenters. The summed E-state index contributed by atoms with van der Waals surface area (Å²) in [5.74, 6) is -0.338. The quantitative estimate of drug-likeness (QED) is 0.793. The Bertz CT molecular complexity index is 610. The van der Waals surface area contributed by atoms with Crippen LogP contribution in [0.25, 0.3) is 0 Å². The van der Waals surface area contributed by atoms with Crippen molar-refractivity contribution < 1.29 is 9.53 Å². The fraction of sp³-hybridized carbons (Fsp3) is 0.143. The fourth-order valence-electron chi connectivity index (χ4n) is 1.55. The van der Waals surface area contributed by atoms with E-state index in [9.17, 15) is 4.79 Å². The number of hydrogen-bond donors (Lipinski definition) is 0. The molecule has 3 nitrogen and oxygen atoms in total. The monoisotopic (exact) mass is 257 g/mol. The van der Waals surface area contributed by atoms with Crippen molar-refractivity contribution in [1.82, 2.24) is 0 Å². The van der Waals surface area contributed by atoms with E-state index in [1.54, 1.807) is 18.2 Å². The van der Waals surface area contributed by atoms with Crippen molar-refractivity contribution >= 4 is 17.3 Å². The van der Waals surface area contributed by atoms with E-state index in [1.807, 2.05) is 24.4 Å². The number of nitriles is 1. The maximum Gasteiger partial charge on any atom is 0.348 e. The van der Waals surface area contributed by atoms with Crippen LogP contribution in [0.3, 0.4) is 0 Å².